The highest BCUT2D eigenvalue weighted by atomic mass is 19.2. The van der Waals surface area contributed by atoms with Crippen LogP contribution < -0.4 is 4.90 Å². The van der Waals surface area contributed by atoms with Crippen molar-refractivity contribution in [1.82, 2.24) is 0 Å². The first-order valence-corrected chi connectivity index (χ1v) is 8.06. The Kier molecular flexibility index (Phi) is 5.11. The van der Waals surface area contributed by atoms with Gasteiger partial charge in [-0.25, -0.2) is 13.6 Å². The Bertz CT molecular complexity index is 932. The molecule has 2 aromatic carbocycles. The highest BCUT2D eigenvalue weighted by Crippen LogP contribution is 2.30. The van der Waals surface area contributed by atoms with Crippen molar-refractivity contribution in [3.8, 4) is 0 Å². The van der Waals surface area contributed by atoms with E-state index in [1.807, 2.05) is 0 Å². The molecule has 0 saturated carbocycles. The molecule has 0 fully saturated rings. The van der Waals surface area contributed by atoms with Crippen molar-refractivity contribution in [3.63, 3.8) is 0 Å². The Morgan fingerprint density at radius 1 is 1.15 bits per heavy atom. The third-order valence-corrected chi connectivity index (χ3v) is 4.18. The molecule has 1 amide bonds. The Morgan fingerprint density at radius 3 is 2.63 bits per heavy atom. The molecule has 0 unspecified atom stereocenters. The van der Waals surface area contributed by atoms with Crippen LogP contribution in [0.5, 0.6) is 0 Å². The van der Waals surface area contributed by atoms with Crippen molar-refractivity contribution in [2.75, 3.05) is 18.1 Å². The Balaban J connectivity index is 1.69. The zero-order valence-corrected chi connectivity index (χ0v) is 14.0. The fourth-order valence-electron chi connectivity index (χ4n) is 2.87. The van der Waals surface area contributed by atoms with Crippen LogP contribution >= 0.6 is 0 Å². The zero-order valence-electron chi connectivity index (χ0n) is 14.0. The lowest BCUT2D eigenvalue weighted by Gasteiger charge is -2.29. The van der Waals surface area contributed by atoms with Gasteiger partial charge in [-0.15, -0.1) is 0 Å². The number of benzene rings is 2. The number of rotatable bonds is 4. The van der Waals surface area contributed by atoms with E-state index in [2.05, 4.69) is 0 Å². The summed E-state index contributed by atoms with van der Waals surface area (Å²) >= 11 is 0. The monoisotopic (exact) mass is 376 g/mol. The van der Waals surface area contributed by atoms with Gasteiger partial charge in [0.2, 0.25) is 0 Å². The molecule has 140 valence electrons. The number of hydrogen-bond donors (Lipinski definition) is 0. The number of halogens is 2. The average Bonchev–Trinajstić information content (AvgIpc) is 2.66. The molecule has 0 spiro atoms. The van der Waals surface area contributed by atoms with Gasteiger partial charge in [-0.2, -0.15) is 0 Å². The average molecular weight is 376 g/mol. The Hall–Kier alpha value is -3.36. The molecule has 0 saturated heterocycles. The summed E-state index contributed by atoms with van der Waals surface area (Å²) in [5.74, 6) is -3.76. The van der Waals surface area contributed by atoms with Crippen molar-refractivity contribution in [3.05, 3.63) is 69.3 Å². The SMILES string of the molecule is O=C(OCC(=O)N1CCCc2cc([N+](=O)[O-])ccc21)c1ccc(F)c(F)c1. The maximum absolute atomic E-state index is 13.2. The first-order chi connectivity index (χ1) is 12.9. The summed E-state index contributed by atoms with van der Waals surface area (Å²) in [7, 11) is 0. The number of esters is 1. The van der Waals surface area contributed by atoms with Crippen LogP contribution in [0.1, 0.15) is 22.3 Å². The number of amides is 1. The predicted molar refractivity (Wildman–Crippen MR) is 90.4 cm³/mol. The maximum Gasteiger partial charge on any atom is 0.338 e. The van der Waals surface area contributed by atoms with Gasteiger partial charge in [-0.3, -0.25) is 14.9 Å². The molecule has 0 aliphatic carbocycles. The summed E-state index contributed by atoms with van der Waals surface area (Å²) in [6.45, 7) is -0.208. The van der Waals surface area contributed by atoms with E-state index in [4.69, 9.17) is 4.74 Å². The molecule has 1 heterocycles. The van der Waals surface area contributed by atoms with Gasteiger partial charge in [-0.05, 0) is 42.7 Å². The molecule has 0 radical (unpaired) electrons. The van der Waals surface area contributed by atoms with Gasteiger partial charge in [-0.1, -0.05) is 0 Å². The summed E-state index contributed by atoms with van der Waals surface area (Å²) in [6, 6.07) is 6.75. The summed E-state index contributed by atoms with van der Waals surface area (Å²) in [5.41, 5.74) is 0.917. The normalized spacial score (nSPS) is 13.0. The molecule has 2 aromatic rings. The van der Waals surface area contributed by atoms with E-state index < -0.39 is 35.0 Å². The van der Waals surface area contributed by atoms with Gasteiger partial charge in [0.1, 0.15) is 0 Å². The molecule has 7 nitrogen and oxygen atoms in total. The molecule has 0 atom stereocenters. The van der Waals surface area contributed by atoms with E-state index in [0.29, 0.717) is 36.7 Å². The summed E-state index contributed by atoms with van der Waals surface area (Å²) in [4.78, 5) is 36.1. The lowest BCUT2D eigenvalue weighted by atomic mass is 10.0. The molecular weight excluding hydrogens is 362 g/mol. The number of nitro groups is 1. The van der Waals surface area contributed by atoms with E-state index in [1.54, 1.807) is 0 Å². The third kappa shape index (κ3) is 3.91. The Morgan fingerprint density at radius 2 is 1.93 bits per heavy atom. The first-order valence-electron chi connectivity index (χ1n) is 8.06. The van der Waals surface area contributed by atoms with E-state index in [9.17, 15) is 28.5 Å². The van der Waals surface area contributed by atoms with Crippen molar-refractivity contribution in [2.45, 2.75) is 12.8 Å². The van der Waals surface area contributed by atoms with Gasteiger partial charge in [0.25, 0.3) is 11.6 Å². The maximum atomic E-state index is 13.2. The van der Waals surface area contributed by atoms with Gasteiger partial charge < -0.3 is 9.64 Å². The van der Waals surface area contributed by atoms with Crippen LogP contribution in [0.3, 0.4) is 0 Å². The van der Waals surface area contributed by atoms with Crippen molar-refractivity contribution in [2.24, 2.45) is 0 Å². The van der Waals surface area contributed by atoms with Crippen LogP contribution in [0, 0.1) is 21.7 Å². The molecule has 1 aliphatic heterocycles. The zero-order chi connectivity index (χ0) is 19.6. The highest BCUT2D eigenvalue weighted by molar-refractivity contribution is 5.98. The van der Waals surface area contributed by atoms with Gasteiger partial charge >= 0.3 is 5.97 Å². The van der Waals surface area contributed by atoms with E-state index in [-0.39, 0.29) is 11.3 Å². The number of aryl methyl sites for hydroxylation is 1. The second-order valence-corrected chi connectivity index (χ2v) is 5.92. The molecule has 0 N–H and O–H groups in total. The highest BCUT2D eigenvalue weighted by Gasteiger charge is 2.25. The number of non-ortho nitro benzene ring substituents is 1. The van der Waals surface area contributed by atoms with Crippen LogP contribution in [0.15, 0.2) is 36.4 Å². The second kappa shape index (κ2) is 7.48. The molecule has 0 bridgehead atoms. The number of anilines is 1. The molecule has 27 heavy (non-hydrogen) atoms. The van der Waals surface area contributed by atoms with Crippen molar-refractivity contribution in [1.29, 1.82) is 0 Å². The van der Waals surface area contributed by atoms with Crippen LogP contribution in [-0.4, -0.2) is 30.0 Å². The number of fused-ring (bicyclic) bond motifs is 1. The predicted octanol–water partition coefficient (Wildman–Crippen LogP) is 3.01. The lowest BCUT2D eigenvalue weighted by Crippen LogP contribution is -2.38. The minimum absolute atomic E-state index is 0.0622. The fourth-order valence-corrected chi connectivity index (χ4v) is 2.87. The first kappa shape index (κ1) is 18.4. The molecule has 3 rings (SSSR count). The smallest absolute Gasteiger partial charge is 0.338 e. The molecule has 1 aliphatic rings. The van der Waals surface area contributed by atoms with Crippen molar-refractivity contribution >= 4 is 23.3 Å². The van der Waals surface area contributed by atoms with Crippen LogP contribution in [0.4, 0.5) is 20.2 Å². The number of ether oxygens (including phenoxy) is 1. The van der Waals surface area contributed by atoms with Gasteiger partial charge in [0, 0.05) is 24.4 Å². The minimum Gasteiger partial charge on any atom is -0.452 e. The molecular formula is C18H14F2N2O5. The quantitative estimate of drug-likeness (QED) is 0.465. The van der Waals surface area contributed by atoms with E-state index in [0.717, 1.165) is 12.1 Å². The standard InChI is InChI=1S/C18H14F2N2O5/c19-14-5-3-12(9-15(14)20)18(24)27-10-17(23)21-7-1-2-11-8-13(22(25)26)4-6-16(11)21/h3-6,8-9H,1-2,7,10H2. The number of carbonyl (C=O) groups is 2. The fraction of sp³-hybridized carbons (Fsp3) is 0.222. The van der Waals surface area contributed by atoms with Gasteiger partial charge in [0.15, 0.2) is 18.2 Å². The van der Waals surface area contributed by atoms with Gasteiger partial charge in [0.05, 0.1) is 10.5 Å². The number of nitrogens with zero attached hydrogens (tertiary/aromatic N) is 2. The summed E-state index contributed by atoms with van der Waals surface area (Å²) in [6.07, 6.45) is 1.20. The topological polar surface area (TPSA) is 89.8 Å². The largest absolute Gasteiger partial charge is 0.452 e. The molecule has 9 heteroatoms. The minimum atomic E-state index is -1.19. The third-order valence-electron chi connectivity index (χ3n) is 4.18. The molecule has 0 aromatic heterocycles. The Labute approximate surface area is 152 Å². The number of carbonyl (C=O) groups excluding carboxylic acids is 2. The number of nitro benzene ring substituents is 1. The van der Waals surface area contributed by atoms with Crippen molar-refractivity contribution < 1.29 is 28.0 Å². The number of hydrogen-bond acceptors (Lipinski definition) is 5. The van der Waals surface area contributed by atoms with E-state index in [1.165, 1.54) is 23.1 Å². The second-order valence-electron chi connectivity index (χ2n) is 5.92. The van der Waals surface area contributed by atoms with Crippen LogP contribution in [0.2, 0.25) is 0 Å². The van der Waals surface area contributed by atoms with E-state index >= 15 is 0 Å². The summed E-state index contributed by atoms with van der Waals surface area (Å²) in [5, 5.41) is 10.9. The van der Waals surface area contributed by atoms with Crippen LogP contribution in [-0.2, 0) is 16.0 Å². The lowest BCUT2D eigenvalue weighted by molar-refractivity contribution is -0.384. The summed E-state index contributed by atoms with van der Waals surface area (Å²) < 4.78 is 31.0. The van der Waals surface area contributed by atoms with Crippen LogP contribution in [0.25, 0.3) is 0 Å².